The number of carbonyl (C=O) groups is 1. The number of esters is 1. The van der Waals surface area contributed by atoms with Crippen molar-refractivity contribution in [2.75, 3.05) is 6.61 Å². The second-order valence-corrected chi connectivity index (χ2v) is 6.45. The zero-order chi connectivity index (χ0) is 15.3. The van der Waals surface area contributed by atoms with E-state index in [1.165, 1.54) is 16.8 Å². The maximum absolute atomic E-state index is 12.0. The van der Waals surface area contributed by atoms with Crippen LogP contribution in [-0.2, 0) is 21.3 Å². The molecule has 20 heavy (non-hydrogen) atoms. The van der Waals surface area contributed by atoms with Gasteiger partial charge in [-0.2, -0.15) is 0 Å². The van der Waals surface area contributed by atoms with Gasteiger partial charge in [0.1, 0.15) is 10.6 Å². The van der Waals surface area contributed by atoms with Gasteiger partial charge < -0.3 is 9.30 Å². The van der Waals surface area contributed by atoms with Crippen LogP contribution in [0.5, 0.6) is 0 Å². The second kappa shape index (κ2) is 6.90. The van der Waals surface area contributed by atoms with Crippen LogP contribution in [0.25, 0.3) is 0 Å². The molecule has 0 fully saturated rings. The molecule has 0 bridgehead atoms. The van der Waals surface area contributed by atoms with Crippen molar-refractivity contribution in [1.29, 1.82) is 0 Å². The van der Waals surface area contributed by atoms with Crippen LogP contribution in [0.2, 0.25) is 0 Å². The van der Waals surface area contributed by atoms with Crippen LogP contribution >= 0.6 is 0 Å². The molecule has 6 nitrogen and oxygen atoms in total. The molecule has 7 heteroatoms. The van der Waals surface area contributed by atoms with Crippen LogP contribution in [0.4, 0.5) is 0 Å². The normalized spacial score (nSPS) is 13.2. The van der Waals surface area contributed by atoms with Crippen LogP contribution < -0.4 is 5.14 Å². The smallest absolute Gasteiger partial charge is 0.354 e. The molecule has 114 valence electrons. The van der Waals surface area contributed by atoms with E-state index in [0.717, 1.165) is 12.8 Å². The number of rotatable bonds is 7. The summed E-state index contributed by atoms with van der Waals surface area (Å²) in [6.07, 6.45) is 3.35. The molecule has 1 aromatic heterocycles. The highest BCUT2D eigenvalue weighted by molar-refractivity contribution is 7.89. The van der Waals surface area contributed by atoms with Crippen LogP contribution in [-0.4, -0.2) is 25.6 Å². The lowest BCUT2D eigenvalue weighted by Gasteiger charge is -2.11. The molecule has 1 atom stereocenters. The molecule has 0 spiro atoms. The Balaban J connectivity index is 2.85. The molecule has 1 rings (SSSR count). The van der Waals surface area contributed by atoms with Crippen LogP contribution in [0.1, 0.15) is 44.1 Å². The lowest BCUT2D eigenvalue weighted by atomic mass is 10.1. The van der Waals surface area contributed by atoms with E-state index in [-0.39, 0.29) is 16.5 Å². The summed E-state index contributed by atoms with van der Waals surface area (Å²) in [5.74, 6) is -0.239. The molecule has 0 aromatic carbocycles. The van der Waals surface area contributed by atoms with Gasteiger partial charge in [-0.1, -0.05) is 20.3 Å². The summed E-state index contributed by atoms with van der Waals surface area (Å²) in [4.78, 5) is 11.9. The van der Waals surface area contributed by atoms with Gasteiger partial charge in [0.15, 0.2) is 0 Å². The number of hydrogen-bond acceptors (Lipinski definition) is 4. The first kappa shape index (κ1) is 16.7. The third kappa shape index (κ3) is 4.35. The summed E-state index contributed by atoms with van der Waals surface area (Å²) in [7, 11) is -3.82. The molecule has 2 N–H and O–H groups in total. The van der Waals surface area contributed by atoms with Crippen molar-refractivity contribution in [3.63, 3.8) is 0 Å². The summed E-state index contributed by atoms with van der Waals surface area (Å²) in [5.41, 5.74) is 0.209. The number of nitrogens with zero attached hydrogens (tertiary/aromatic N) is 1. The maximum Gasteiger partial charge on any atom is 0.354 e. The van der Waals surface area contributed by atoms with Crippen molar-refractivity contribution in [1.82, 2.24) is 4.57 Å². The van der Waals surface area contributed by atoms with E-state index < -0.39 is 16.0 Å². The largest absolute Gasteiger partial charge is 0.461 e. The molecule has 0 aliphatic heterocycles. The summed E-state index contributed by atoms with van der Waals surface area (Å²) in [6.45, 7) is 6.67. The number of primary sulfonamides is 1. The van der Waals surface area contributed by atoms with E-state index in [9.17, 15) is 13.2 Å². The van der Waals surface area contributed by atoms with E-state index in [1.807, 2.05) is 13.8 Å². The first-order valence-corrected chi connectivity index (χ1v) is 8.24. The predicted octanol–water partition coefficient (Wildman–Crippen LogP) is 1.75. The van der Waals surface area contributed by atoms with E-state index in [4.69, 9.17) is 9.88 Å². The van der Waals surface area contributed by atoms with Gasteiger partial charge in [0.2, 0.25) is 10.0 Å². The molecular formula is C13H22N2O4S. The molecule has 0 aliphatic carbocycles. The fraction of sp³-hybridized carbons (Fsp3) is 0.615. The molecule has 1 unspecified atom stereocenters. The molecule has 0 radical (unpaired) electrons. The number of aryl methyl sites for hydroxylation is 1. The lowest BCUT2D eigenvalue weighted by Crippen LogP contribution is -2.15. The Bertz CT molecular complexity index is 563. The topological polar surface area (TPSA) is 91.4 Å². The minimum Gasteiger partial charge on any atom is -0.461 e. The molecule has 0 aliphatic rings. The van der Waals surface area contributed by atoms with Crippen molar-refractivity contribution < 1.29 is 17.9 Å². The third-order valence-corrected chi connectivity index (χ3v) is 3.91. The van der Waals surface area contributed by atoms with Crippen molar-refractivity contribution in [2.24, 2.45) is 11.1 Å². The Morgan fingerprint density at radius 1 is 1.45 bits per heavy atom. The predicted molar refractivity (Wildman–Crippen MR) is 75.8 cm³/mol. The third-order valence-electron chi connectivity index (χ3n) is 3.03. The zero-order valence-electron chi connectivity index (χ0n) is 12.1. The van der Waals surface area contributed by atoms with Gasteiger partial charge in [0.25, 0.3) is 0 Å². The molecule has 1 aromatic rings. The van der Waals surface area contributed by atoms with Crippen LogP contribution in [0.15, 0.2) is 17.2 Å². The van der Waals surface area contributed by atoms with Crippen molar-refractivity contribution >= 4 is 16.0 Å². The average molecular weight is 302 g/mol. The number of hydrogen-bond donors (Lipinski definition) is 1. The van der Waals surface area contributed by atoms with E-state index in [1.54, 1.807) is 0 Å². The van der Waals surface area contributed by atoms with Gasteiger partial charge in [-0.25, -0.2) is 18.4 Å². The SMILES string of the molecule is CCCC(C)COC(=O)c1cc(S(N)(=O)=O)cn1CC. The average Bonchev–Trinajstić information content (AvgIpc) is 2.80. The van der Waals surface area contributed by atoms with E-state index >= 15 is 0 Å². The van der Waals surface area contributed by atoms with Crippen molar-refractivity contribution in [3.05, 3.63) is 18.0 Å². The van der Waals surface area contributed by atoms with E-state index in [0.29, 0.717) is 13.2 Å². The monoisotopic (exact) mass is 302 g/mol. The Labute approximate surface area is 120 Å². The molecule has 0 saturated carbocycles. The van der Waals surface area contributed by atoms with Crippen LogP contribution in [0.3, 0.4) is 0 Å². The zero-order valence-corrected chi connectivity index (χ0v) is 12.9. The van der Waals surface area contributed by atoms with Gasteiger partial charge in [-0.3, -0.25) is 0 Å². The van der Waals surface area contributed by atoms with Crippen molar-refractivity contribution in [2.45, 2.75) is 45.1 Å². The highest BCUT2D eigenvalue weighted by atomic mass is 32.2. The minimum absolute atomic E-state index is 0.0760. The standard InChI is InChI=1S/C13H22N2O4S/c1-4-6-10(3)9-19-13(16)12-7-11(20(14,17)18)8-15(12)5-2/h7-8,10H,4-6,9H2,1-3H3,(H2,14,17,18). The number of carbonyl (C=O) groups excluding carboxylic acids is 1. The molecule has 0 amide bonds. The van der Waals surface area contributed by atoms with Gasteiger partial charge in [0.05, 0.1) is 6.61 Å². The quantitative estimate of drug-likeness (QED) is 0.777. The second-order valence-electron chi connectivity index (χ2n) is 4.88. The first-order chi connectivity index (χ1) is 9.29. The number of nitrogens with two attached hydrogens (primary N) is 1. The first-order valence-electron chi connectivity index (χ1n) is 6.69. The van der Waals surface area contributed by atoms with Gasteiger partial charge >= 0.3 is 5.97 Å². The maximum atomic E-state index is 12.0. The highest BCUT2D eigenvalue weighted by Crippen LogP contribution is 2.15. The Morgan fingerprint density at radius 3 is 2.60 bits per heavy atom. The van der Waals surface area contributed by atoms with Crippen molar-refractivity contribution in [3.8, 4) is 0 Å². The van der Waals surface area contributed by atoms with E-state index in [2.05, 4.69) is 6.92 Å². The molecule has 1 heterocycles. The Kier molecular flexibility index (Phi) is 5.76. The van der Waals surface area contributed by atoms with Gasteiger partial charge in [-0.05, 0) is 25.3 Å². The highest BCUT2D eigenvalue weighted by Gasteiger charge is 2.19. The number of aromatic nitrogens is 1. The number of ether oxygens (including phenoxy) is 1. The van der Waals surface area contributed by atoms with Crippen LogP contribution in [0, 0.1) is 5.92 Å². The Morgan fingerprint density at radius 2 is 2.10 bits per heavy atom. The van der Waals surface area contributed by atoms with Gasteiger partial charge in [0, 0.05) is 12.7 Å². The lowest BCUT2D eigenvalue weighted by molar-refractivity contribution is 0.0431. The summed E-state index contributed by atoms with van der Waals surface area (Å²) in [6, 6.07) is 1.26. The molecule has 0 saturated heterocycles. The minimum atomic E-state index is -3.82. The molecular weight excluding hydrogens is 280 g/mol. The fourth-order valence-electron chi connectivity index (χ4n) is 1.94. The van der Waals surface area contributed by atoms with Gasteiger partial charge in [-0.15, -0.1) is 0 Å². The summed E-state index contributed by atoms with van der Waals surface area (Å²) in [5, 5.41) is 5.06. The Hall–Kier alpha value is -1.34. The fourth-order valence-corrected chi connectivity index (χ4v) is 2.49. The summed E-state index contributed by atoms with van der Waals surface area (Å²) >= 11 is 0. The number of sulfonamides is 1. The summed E-state index contributed by atoms with van der Waals surface area (Å²) < 4.78 is 29.3.